The van der Waals surface area contributed by atoms with Gasteiger partial charge >= 0.3 is 5.97 Å². The van der Waals surface area contributed by atoms with Crippen molar-refractivity contribution in [1.29, 1.82) is 5.26 Å². The van der Waals surface area contributed by atoms with E-state index in [0.29, 0.717) is 12.1 Å². The molecular weight excluding hydrogens is 220 g/mol. The quantitative estimate of drug-likeness (QED) is 0.768. The number of nitrogens with two attached hydrogens (primary N) is 1. The van der Waals surface area contributed by atoms with Crippen molar-refractivity contribution < 1.29 is 9.53 Å². The number of nitriles is 1. The van der Waals surface area contributed by atoms with Gasteiger partial charge < -0.3 is 10.5 Å². The molecule has 0 saturated heterocycles. The third-order valence-electron chi connectivity index (χ3n) is 2.24. The number of ether oxygens (including phenoxy) is 1. The second-order valence-corrected chi connectivity index (χ2v) is 4.44. The van der Waals surface area contributed by atoms with Gasteiger partial charge in [-0.15, -0.1) is 0 Å². The first-order valence-corrected chi connectivity index (χ1v) is 5.28. The number of carbonyl (C=O) groups excluding carboxylic acids is 1. The van der Waals surface area contributed by atoms with Gasteiger partial charge in [-0.2, -0.15) is 10.4 Å². The summed E-state index contributed by atoms with van der Waals surface area (Å²) in [7, 11) is 0. The Balaban J connectivity index is 2.30. The van der Waals surface area contributed by atoms with Crippen LogP contribution in [0.25, 0.3) is 0 Å². The molecule has 0 aromatic carbocycles. The fourth-order valence-corrected chi connectivity index (χ4v) is 1.12. The lowest BCUT2D eigenvalue weighted by Gasteiger charge is -2.14. The van der Waals surface area contributed by atoms with E-state index in [1.807, 2.05) is 0 Å². The van der Waals surface area contributed by atoms with Gasteiger partial charge in [0.05, 0.1) is 30.0 Å². The smallest absolute Gasteiger partial charge is 0.327 e. The second kappa shape index (κ2) is 5.34. The van der Waals surface area contributed by atoms with Gasteiger partial charge in [0.15, 0.2) is 0 Å². The van der Waals surface area contributed by atoms with Gasteiger partial charge in [0.2, 0.25) is 0 Å². The van der Waals surface area contributed by atoms with Crippen molar-refractivity contribution >= 4 is 11.7 Å². The molecule has 0 aliphatic rings. The normalized spacial score (nSPS) is 10.9. The Bertz CT molecular complexity index is 431. The zero-order valence-corrected chi connectivity index (χ0v) is 10.0. The van der Waals surface area contributed by atoms with Crippen molar-refractivity contribution in [3.05, 3.63) is 12.4 Å². The summed E-state index contributed by atoms with van der Waals surface area (Å²) < 4.78 is 6.41. The van der Waals surface area contributed by atoms with Crippen LogP contribution in [0.3, 0.4) is 0 Å². The maximum atomic E-state index is 11.4. The molecule has 6 nitrogen and oxygen atoms in total. The molecule has 0 amide bonds. The number of rotatable bonds is 5. The molecule has 0 fully saturated rings. The molecule has 0 radical (unpaired) electrons. The van der Waals surface area contributed by atoms with Crippen molar-refractivity contribution in [3.8, 4) is 6.07 Å². The first-order chi connectivity index (χ1) is 7.93. The van der Waals surface area contributed by atoms with Crippen molar-refractivity contribution in [3.63, 3.8) is 0 Å². The van der Waals surface area contributed by atoms with Gasteiger partial charge in [-0.25, -0.2) is 0 Å². The molecule has 0 aliphatic carbocycles. The summed E-state index contributed by atoms with van der Waals surface area (Å²) in [6.07, 6.45) is 3.53. The van der Waals surface area contributed by atoms with Crippen LogP contribution >= 0.6 is 0 Å². The molecule has 1 aromatic rings. The van der Waals surface area contributed by atoms with Crippen molar-refractivity contribution in [2.45, 2.75) is 26.8 Å². The fraction of sp³-hybridized carbons (Fsp3) is 0.545. The van der Waals surface area contributed by atoms with Crippen LogP contribution in [0.5, 0.6) is 0 Å². The number of nitrogens with zero attached hydrogens (tertiary/aromatic N) is 3. The second-order valence-electron chi connectivity index (χ2n) is 4.44. The molecular formula is C11H16N4O2. The summed E-state index contributed by atoms with van der Waals surface area (Å²) in [5.74, 6) is -0.387. The van der Waals surface area contributed by atoms with E-state index in [1.165, 1.54) is 10.9 Å². The van der Waals surface area contributed by atoms with E-state index in [9.17, 15) is 4.79 Å². The van der Waals surface area contributed by atoms with Gasteiger partial charge in [0.1, 0.15) is 6.54 Å². The minimum absolute atomic E-state index is 0.0319. The van der Waals surface area contributed by atoms with Gasteiger partial charge in [-0.3, -0.25) is 9.48 Å². The predicted octanol–water partition coefficient (Wildman–Crippen LogP) is 0.948. The third kappa shape index (κ3) is 4.55. The number of carbonyl (C=O) groups is 1. The lowest BCUT2D eigenvalue weighted by molar-refractivity contribution is -0.145. The molecule has 1 rings (SSSR count). The summed E-state index contributed by atoms with van der Waals surface area (Å²) in [4.78, 5) is 11.4. The van der Waals surface area contributed by atoms with Crippen LogP contribution in [-0.2, 0) is 16.1 Å². The molecule has 0 spiro atoms. The van der Waals surface area contributed by atoms with E-state index >= 15 is 0 Å². The molecule has 92 valence electrons. The first-order valence-electron chi connectivity index (χ1n) is 5.28. The van der Waals surface area contributed by atoms with Crippen LogP contribution in [0.2, 0.25) is 0 Å². The number of aromatic nitrogens is 2. The fourth-order valence-electron chi connectivity index (χ4n) is 1.12. The van der Waals surface area contributed by atoms with Crippen LogP contribution in [-0.4, -0.2) is 22.4 Å². The lowest BCUT2D eigenvalue weighted by atomic mass is 9.92. The molecule has 1 aromatic heterocycles. The Morgan fingerprint density at radius 1 is 1.71 bits per heavy atom. The molecule has 0 atom stereocenters. The predicted molar refractivity (Wildman–Crippen MR) is 61.6 cm³/mol. The van der Waals surface area contributed by atoms with Crippen LogP contribution in [0.15, 0.2) is 12.4 Å². The molecule has 6 heteroatoms. The topological polar surface area (TPSA) is 93.9 Å². The molecule has 0 saturated carbocycles. The van der Waals surface area contributed by atoms with Gasteiger partial charge in [-0.1, -0.05) is 0 Å². The zero-order valence-electron chi connectivity index (χ0n) is 10.0. The SMILES string of the molecule is CC(C)(C#N)CCOC(=O)Cn1cc(N)cn1. The van der Waals surface area contributed by atoms with Crippen molar-refractivity contribution in [1.82, 2.24) is 9.78 Å². The minimum atomic E-state index is -0.476. The summed E-state index contributed by atoms with van der Waals surface area (Å²) in [5.41, 5.74) is 5.49. The van der Waals surface area contributed by atoms with E-state index in [4.69, 9.17) is 15.7 Å². The zero-order chi connectivity index (χ0) is 12.9. The number of hydrogen-bond donors (Lipinski definition) is 1. The Morgan fingerprint density at radius 3 is 2.94 bits per heavy atom. The highest BCUT2D eigenvalue weighted by molar-refractivity contribution is 5.69. The highest BCUT2D eigenvalue weighted by Gasteiger charge is 2.17. The standard InChI is InChI=1S/C11H16N4O2/c1-11(2,8-12)3-4-17-10(16)7-15-6-9(13)5-14-15/h5-6H,3-4,7,13H2,1-2H3. The maximum Gasteiger partial charge on any atom is 0.327 e. The third-order valence-corrected chi connectivity index (χ3v) is 2.24. The highest BCUT2D eigenvalue weighted by atomic mass is 16.5. The van der Waals surface area contributed by atoms with Gasteiger partial charge in [-0.05, 0) is 20.3 Å². The molecule has 17 heavy (non-hydrogen) atoms. The van der Waals surface area contributed by atoms with Gasteiger partial charge in [0, 0.05) is 6.20 Å². The van der Waals surface area contributed by atoms with Crippen LogP contribution < -0.4 is 5.73 Å². The summed E-state index contributed by atoms with van der Waals surface area (Å²) in [5, 5.41) is 12.6. The maximum absolute atomic E-state index is 11.4. The molecule has 2 N–H and O–H groups in total. The van der Waals surface area contributed by atoms with E-state index < -0.39 is 5.41 Å². The van der Waals surface area contributed by atoms with Gasteiger partial charge in [0.25, 0.3) is 0 Å². The van der Waals surface area contributed by atoms with Crippen LogP contribution in [0.4, 0.5) is 5.69 Å². The molecule has 0 aliphatic heterocycles. The summed E-state index contributed by atoms with van der Waals surface area (Å²) >= 11 is 0. The van der Waals surface area contributed by atoms with Crippen LogP contribution in [0.1, 0.15) is 20.3 Å². The minimum Gasteiger partial charge on any atom is -0.464 e. The number of anilines is 1. The van der Waals surface area contributed by atoms with E-state index in [2.05, 4.69) is 11.2 Å². The Kier molecular flexibility index (Phi) is 4.10. The molecule has 0 unspecified atom stereocenters. The Hall–Kier alpha value is -2.03. The Morgan fingerprint density at radius 2 is 2.41 bits per heavy atom. The monoisotopic (exact) mass is 236 g/mol. The summed E-state index contributed by atoms with van der Waals surface area (Å²) in [6, 6.07) is 2.14. The molecule has 0 bridgehead atoms. The van der Waals surface area contributed by atoms with E-state index in [0.717, 1.165) is 0 Å². The van der Waals surface area contributed by atoms with Crippen LogP contribution in [0, 0.1) is 16.7 Å². The number of nitrogen functional groups attached to an aromatic ring is 1. The lowest BCUT2D eigenvalue weighted by Crippen LogP contribution is -2.18. The first kappa shape index (κ1) is 13.0. The van der Waals surface area contributed by atoms with Crippen molar-refractivity contribution in [2.75, 3.05) is 12.3 Å². The largest absolute Gasteiger partial charge is 0.464 e. The summed E-state index contributed by atoms with van der Waals surface area (Å²) in [6.45, 7) is 3.87. The number of esters is 1. The highest BCUT2D eigenvalue weighted by Crippen LogP contribution is 2.18. The van der Waals surface area contributed by atoms with E-state index in [1.54, 1.807) is 20.0 Å². The Labute approximate surface area is 100.0 Å². The average Bonchev–Trinajstić information content (AvgIpc) is 2.63. The molecule has 1 heterocycles. The number of hydrogen-bond acceptors (Lipinski definition) is 5. The van der Waals surface area contributed by atoms with Crippen molar-refractivity contribution in [2.24, 2.45) is 5.41 Å². The van der Waals surface area contributed by atoms with E-state index in [-0.39, 0.29) is 19.1 Å². The average molecular weight is 236 g/mol.